The summed E-state index contributed by atoms with van der Waals surface area (Å²) < 4.78 is 37.9. The van der Waals surface area contributed by atoms with Gasteiger partial charge in [-0.2, -0.15) is 13.2 Å². The lowest BCUT2D eigenvalue weighted by atomic mass is 10.1. The van der Waals surface area contributed by atoms with Gasteiger partial charge in [0.05, 0.1) is 5.56 Å². The first kappa shape index (κ1) is 16.9. The van der Waals surface area contributed by atoms with Crippen molar-refractivity contribution in [2.75, 3.05) is 18.0 Å². The smallest absolute Gasteiger partial charge is 0.318 e. The van der Waals surface area contributed by atoms with Crippen molar-refractivity contribution in [3.63, 3.8) is 0 Å². The van der Waals surface area contributed by atoms with Gasteiger partial charge < -0.3 is 4.90 Å². The maximum absolute atomic E-state index is 12.7. The van der Waals surface area contributed by atoms with Gasteiger partial charge in [0.1, 0.15) is 0 Å². The van der Waals surface area contributed by atoms with Crippen molar-refractivity contribution in [1.82, 2.24) is 4.90 Å². The number of anilines is 1. The zero-order valence-electron chi connectivity index (χ0n) is 14.2. The van der Waals surface area contributed by atoms with Crippen LogP contribution in [0, 0.1) is 0 Å². The van der Waals surface area contributed by atoms with Crippen molar-refractivity contribution in [2.24, 2.45) is 0 Å². The highest BCUT2D eigenvalue weighted by Crippen LogP contribution is 2.31. The number of amides is 2. The fourth-order valence-corrected chi connectivity index (χ4v) is 3.71. The molecule has 0 saturated carbocycles. The third-order valence-electron chi connectivity index (χ3n) is 5.14. The molecule has 0 spiro atoms. The van der Waals surface area contributed by atoms with E-state index in [9.17, 15) is 18.0 Å². The summed E-state index contributed by atoms with van der Waals surface area (Å²) in [6.07, 6.45) is -1.02. The summed E-state index contributed by atoms with van der Waals surface area (Å²) in [5.74, 6) is 0. The summed E-state index contributed by atoms with van der Waals surface area (Å²) in [4.78, 5) is 16.1. The largest absolute Gasteiger partial charge is 0.416 e. The number of hydrogen-bond acceptors (Lipinski definition) is 1. The van der Waals surface area contributed by atoms with Crippen molar-refractivity contribution in [3.8, 4) is 0 Å². The lowest BCUT2D eigenvalue weighted by Crippen LogP contribution is -2.31. The molecule has 4 rings (SSSR count). The van der Waals surface area contributed by atoms with Gasteiger partial charge in [0, 0.05) is 25.3 Å². The highest BCUT2D eigenvalue weighted by Gasteiger charge is 2.32. The molecule has 26 heavy (non-hydrogen) atoms. The van der Waals surface area contributed by atoms with E-state index in [-0.39, 0.29) is 6.03 Å². The van der Waals surface area contributed by atoms with Crippen LogP contribution < -0.4 is 4.90 Å². The Morgan fingerprint density at radius 1 is 0.923 bits per heavy atom. The fraction of sp³-hybridized carbons (Fsp3) is 0.350. The van der Waals surface area contributed by atoms with Crippen molar-refractivity contribution in [3.05, 3.63) is 64.7 Å². The lowest BCUT2D eigenvalue weighted by Gasteiger charge is -2.19. The third-order valence-corrected chi connectivity index (χ3v) is 5.14. The number of carbonyl (C=O) groups excluding carboxylic acids is 1. The average molecular weight is 360 g/mol. The molecule has 1 aliphatic heterocycles. The molecular formula is C20H19F3N2O. The zero-order chi connectivity index (χ0) is 18.3. The number of urea groups is 1. The van der Waals surface area contributed by atoms with Crippen LogP contribution in [-0.4, -0.2) is 24.0 Å². The van der Waals surface area contributed by atoms with E-state index in [0.717, 1.165) is 37.1 Å². The highest BCUT2D eigenvalue weighted by molar-refractivity contribution is 5.94. The Morgan fingerprint density at radius 3 is 2.38 bits per heavy atom. The number of nitrogens with zero attached hydrogens (tertiary/aromatic N) is 2. The molecule has 0 bridgehead atoms. The van der Waals surface area contributed by atoms with Crippen molar-refractivity contribution in [1.29, 1.82) is 0 Å². The number of alkyl halides is 3. The van der Waals surface area contributed by atoms with Crippen LogP contribution in [-0.2, 0) is 25.6 Å². The molecule has 0 radical (unpaired) electrons. The Labute approximate surface area is 150 Å². The number of benzene rings is 2. The Kier molecular flexibility index (Phi) is 4.13. The van der Waals surface area contributed by atoms with Crippen molar-refractivity contribution < 1.29 is 18.0 Å². The quantitative estimate of drug-likeness (QED) is 0.782. The van der Waals surface area contributed by atoms with Crippen LogP contribution in [0.1, 0.15) is 28.7 Å². The summed E-state index contributed by atoms with van der Waals surface area (Å²) in [7, 11) is 0. The predicted molar refractivity (Wildman–Crippen MR) is 93.1 cm³/mol. The second-order valence-corrected chi connectivity index (χ2v) is 6.86. The topological polar surface area (TPSA) is 23.6 Å². The summed E-state index contributed by atoms with van der Waals surface area (Å²) >= 11 is 0. The number of hydrogen-bond donors (Lipinski definition) is 0. The minimum absolute atomic E-state index is 0.0946. The van der Waals surface area contributed by atoms with Crippen LogP contribution in [0.15, 0.2) is 42.5 Å². The Hall–Kier alpha value is -2.50. The molecular weight excluding hydrogens is 341 g/mol. The summed E-state index contributed by atoms with van der Waals surface area (Å²) in [5, 5.41) is 0. The molecule has 1 aliphatic carbocycles. The Bertz CT molecular complexity index is 830. The van der Waals surface area contributed by atoms with E-state index in [1.807, 2.05) is 6.07 Å². The minimum Gasteiger partial charge on any atom is -0.318 e. The molecule has 0 aromatic heterocycles. The van der Waals surface area contributed by atoms with Gasteiger partial charge in [-0.25, -0.2) is 4.79 Å². The van der Waals surface area contributed by atoms with E-state index in [1.54, 1.807) is 9.80 Å². The van der Waals surface area contributed by atoms with Gasteiger partial charge in [-0.1, -0.05) is 18.2 Å². The molecule has 136 valence electrons. The van der Waals surface area contributed by atoms with Crippen LogP contribution in [0.3, 0.4) is 0 Å². The van der Waals surface area contributed by atoms with E-state index in [4.69, 9.17) is 0 Å². The number of rotatable bonds is 3. The van der Waals surface area contributed by atoms with E-state index in [2.05, 4.69) is 12.1 Å². The molecule has 2 aromatic carbocycles. The maximum atomic E-state index is 12.7. The van der Waals surface area contributed by atoms with Gasteiger partial charge in [-0.15, -0.1) is 0 Å². The Morgan fingerprint density at radius 2 is 1.65 bits per heavy atom. The van der Waals surface area contributed by atoms with Crippen LogP contribution in [0.4, 0.5) is 23.7 Å². The summed E-state index contributed by atoms with van der Waals surface area (Å²) in [6, 6.07) is 11.1. The second kappa shape index (κ2) is 6.34. The molecule has 1 heterocycles. The monoisotopic (exact) mass is 360 g/mol. The van der Waals surface area contributed by atoms with Gasteiger partial charge >= 0.3 is 12.2 Å². The van der Waals surface area contributed by atoms with Crippen molar-refractivity contribution >= 4 is 11.7 Å². The number of fused-ring (bicyclic) bond motifs is 1. The standard InChI is InChI=1S/C20H19F3N2O/c21-20(22,23)17-7-4-14(5-8-17)13-24-10-11-25(19(24)26)18-9-6-15-2-1-3-16(15)12-18/h4-9,12H,1-3,10-11,13H2. The molecule has 2 aromatic rings. The Balaban J connectivity index is 1.46. The summed E-state index contributed by atoms with van der Waals surface area (Å²) in [5.41, 5.74) is 3.61. The van der Waals surface area contributed by atoms with Gasteiger partial charge in [0.15, 0.2) is 0 Å². The predicted octanol–water partition coefficient (Wildman–Crippen LogP) is 4.64. The van der Waals surface area contributed by atoms with E-state index >= 15 is 0 Å². The number of carbonyl (C=O) groups is 1. The molecule has 0 atom stereocenters. The van der Waals surface area contributed by atoms with Gasteiger partial charge in [-0.05, 0) is 60.2 Å². The normalized spacial score (nSPS) is 17.1. The van der Waals surface area contributed by atoms with Crippen LogP contribution in [0.2, 0.25) is 0 Å². The van der Waals surface area contributed by atoms with Gasteiger partial charge in [0.2, 0.25) is 0 Å². The summed E-state index contributed by atoms with van der Waals surface area (Å²) in [6.45, 7) is 1.48. The molecule has 3 nitrogen and oxygen atoms in total. The first-order valence-electron chi connectivity index (χ1n) is 8.76. The average Bonchev–Trinajstić information content (AvgIpc) is 3.21. The minimum atomic E-state index is -4.34. The molecule has 6 heteroatoms. The first-order valence-corrected chi connectivity index (χ1v) is 8.76. The van der Waals surface area contributed by atoms with Crippen LogP contribution >= 0.6 is 0 Å². The zero-order valence-corrected chi connectivity index (χ0v) is 14.2. The first-order chi connectivity index (χ1) is 12.4. The van der Waals surface area contributed by atoms with Crippen molar-refractivity contribution in [2.45, 2.75) is 32.0 Å². The molecule has 1 saturated heterocycles. The fourth-order valence-electron chi connectivity index (χ4n) is 3.71. The SMILES string of the molecule is O=C1N(Cc2ccc(C(F)(F)F)cc2)CCN1c1ccc2c(c1)CCC2. The lowest BCUT2D eigenvalue weighted by molar-refractivity contribution is -0.137. The molecule has 2 aliphatic rings. The van der Waals surface area contributed by atoms with Gasteiger partial charge in [0.25, 0.3) is 0 Å². The molecule has 0 unspecified atom stereocenters. The van der Waals surface area contributed by atoms with E-state index in [1.165, 1.54) is 23.3 Å². The third kappa shape index (κ3) is 3.16. The van der Waals surface area contributed by atoms with Crippen LogP contribution in [0.5, 0.6) is 0 Å². The van der Waals surface area contributed by atoms with Gasteiger partial charge in [-0.3, -0.25) is 4.90 Å². The molecule has 2 amide bonds. The molecule has 1 fully saturated rings. The van der Waals surface area contributed by atoms with Crippen LogP contribution in [0.25, 0.3) is 0 Å². The number of aryl methyl sites for hydroxylation is 2. The molecule has 0 N–H and O–H groups in total. The van der Waals surface area contributed by atoms with E-state index < -0.39 is 11.7 Å². The maximum Gasteiger partial charge on any atom is 0.416 e. The highest BCUT2D eigenvalue weighted by atomic mass is 19.4. The second-order valence-electron chi connectivity index (χ2n) is 6.86. The van der Waals surface area contributed by atoms with E-state index in [0.29, 0.717) is 25.2 Å². The number of halogens is 3.